The SMILES string of the molecule is O=C(c1ccc[nH]c1=O)N1CCC(Oc2cc(N3CCCCC3)ncn2)C1. The Hall–Kier alpha value is -2.90. The van der Waals surface area contributed by atoms with Crippen molar-refractivity contribution in [2.75, 3.05) is 31.1 Å². The van der Waals surface area contributed by atoms with E-state index >= 15 is 0 Å². The molecule has 2 aromatic rings. The van der Waals surface area contributed by atoms with Crippen molar-refractivity contribution in [3.63, 3.8) is 0 Å². The van der Waals surface area contributed by atoms with Gasteiger partial charge in [-0.15, -0.1) is 0 Å². The molecule has 0 saturated carbocycles. The lowest BCUT2D eigenvalue weighted by molar-refractivity contribution is 0.0769. The van der Waals surface area contributed by atoms with Gasteiger partial charge in [-0.25, -0.2) is 9.97 Å². The molecule has 8 heteroatoms. The van der Waals surface area contributed by atoms with E-state index in [1.165, 1.54) is 31.8 Å². The number of rotatable bonds is 4. The van der Waals surface area contributed by atoms with Crippen LogP contribution in [0.1, 0.15) is 36.0 Å². The summed E-state index contributed by atoms with van der Waals surface area (Å²) in [5.41, 5.74) is -0.207. The van der Waals surface area contributed by atoms with Crippen molar-refractivity contribution in [2.24, 2.45) is 0 Å². The Balaban J connectivity index is 1.39. The molecule has 2 saturated heterocycles. The van der Waals surface area contributed by atoms with Gasteiger partial charge in [-0.1, -0.05) is 0 Å². The number of aromatic nitrogens is 3. The zero-order valence-corrected chi connectivity index (χ0v) is 15.1. The topological polar surface area (TPSA) is 91.4 Å². The van der Waals surface area contributed by atoms with E-state index in [1.807, 2.05) is 6.07 Å². The standard InChI is InChI=1S/C19H23N5O3/c25-18-15(5-4-7-20-18)19(26)24-10-6-14(12-24)27-17-11-16(21-13-22-17)23-8-2-1-3-9-23/h4-5,7,11,13-14H,1-3,6,8-10,12H2,(H,20,25). The molecular formula is C19H23N5O3. The highest BCUT2D eigenvalue weighted by Crippen LogP contribution is 2.23. The summed E-state index contributed by atoms with van der Waals surface area (Å²) >= 11 is 0. The molecule has 2 aromatic heterocycles. The van der Waals surface area contributed by atoms with Gasteiger partial charge in [0, 0.05) is 38.3 Å². The summed E-state index contributed by atoms with van der Waals surface area (Å²) in [5.74, 6) is 1.16. The molecule has 27 heavy (non-hydrogen) atoms. The number of likely N-dealkylation sites (tertiary alicyclic amines) is 1. The summed E-state index contributed by atoms with van der Waals surface area (Å²) in [5, 5.41) is 0. The molecule has 0 aliphatic carbocycles. The normalized spacial score (nSPS) is 19.9. The molecule has 0 bridgehead atoms. The molecule has 4 heterocycles. The number of H-pyrrole nitrogens is 1. The zero-order chi connectivity index (χ0) is 18.6. The molecular weight excluding hydrogens is 346 g/mol. The van der Waals surface area contributed by atoms with Gasteiger partial charge in [0.05, 0.1) is 6.54 Å². The summed E-state index contributed by atoms with van der Waals surface area (Å²) < 4.78 is 6.00. The molecule has 0 radical (unpaired) electrons. The second-order valence-corrected chi connectivity index (χ2v) is 6.95. The first-order valence-electron chi connectivity index (χ1n) is 9.41. The van der Waals surface area contributed by atoms with Crippen LogP contribution in [0.25, 0.3) is 0 Å². The van der Waals surface area contributed by atoms with E-state index < -0.39 is 0 Å². The number of nitrogens with one attached hydrogen (secondary N) is 1. The Morgan fingerprint density at radius 3 is 2.85 bits per heavy atom. The van der Waals surface area contributed by atoms with Crippen LogP contribution in [0, 0.1) is 0 Å². The fourth-order valence-corrected chi connectivity index (χ4v) is 3.63. The summed E-state index contributed by atoms with van der Waals surface area (Å²) in [6, 6.07) is 5.07. The van der Waals surface area contributed by atoms with Crippen LogP contribution in [0.2, 0.25) is 0 Å². The van der Waals surface area contributed by atoms with E-state index in [2.05, 4.69) is 19.9 Å². The lowest BCUT2D eigenvalue weighted by atomic mass is 10.1. The minimum absolute atomic E-state index is 0.138. The Labute approximate surface area is 157 Å². The van der Waals surface area contributed by atoms with Gasteiger partial charge in [-0.05, 0) is 31.4 Å². The van der Waals surface area contributed by atoms with Crippen molar-refractivity contribution >= 4 is 11.7 Å². The third-order valence-electron chi connectivity index (χ3n) is 5.08. The van der Waals surface area contributed by atoms with Crippen molar-refractivity contribution in [3.05, 3.63) is 46.6 Å². The fourth-order valence-electron chi connectivity index (χ4n) is 3.63. The second kappa shape index (κ2) is 7.77. The number of anilines is 1. The Bertz CT molecular complexity index is 862. The van der Waals surface area contributed by atoms with Crippen molar-refractivity contribution < 1.29 is 9.53 Å². The van der Waals surface area contributed by atoms with E-state index in [4.69, 9.17) is 4.74 Å². The van der Waals surface area contributed by atoms with Crippen LogP contribution in [0.5, 0.6) is 5.88 Å². The first kappa shape index (κ1) is 17.5. The Kier molecular flexibility index (Phi) is 5.04. The number of piperidine rings is 1. The van der Waals surface area contributed by atoms with Crippen molar-refractivity contribution in [3.8, 4) is 5.88 Å². The number of carbonyl (C=O) groups is 1. The van der Waals surface area contributed by atoms with Crippen LogP contribution in [0.4, 0.5) is 5.82 Å². The maximum atomic E-state index is 12.5. The third-order valence-corrected chi connectivity index (χ3v) is 5.08. The molecule has 1 unspecified atom stereocenters. The summed E-state index contributed by atoms with van der Waals surface area (Å²) in [7, 11) is 0. The van der Waals surface area contributed by atoms with Gasteiger partial charge >= 0.3 is 0 Å². The van der Waals surface area contributed by atoms with E-state index in [0.29, 0.717) is 25.4 Å². The molecule has 2 aliphatic rings. The van der Waals surface area contributed by atoms with Gasteiger partial charge in [-0.2, -0.15) is 0 Å². The van der Waals surface area contributed by atoms with E-state index in [0.717, 1.165) is 18.9 Å². The molecule has 0 spiro atoms. The number of pyridine rings is 1. The highest BCUT2D eigenvalue weighted by molar-refractivity contribution is 5.94. The predicted octanol–water partition coefficient (Wildman–Crippen LogP) is 1.45. The fraction of sp³-hybridized carbons (Fsp3) is 0.474. The number of ether oxygens (including phenoxy) is 1. The first-order valence-corrected chi connectivity index (χ1v) is 9.41. The third kappa shape index (κ3) is 3.94. The number of hydrogen-bond donors (Lipinski definition) is 1. The summed E-state index contributed by atoms with van der Waals surface area (Å²) in [6.07, 6.45) is 7.24. The Morgan fingerprint density at radius 1 is 1.19 bits per heavy atom. The number of amides is 1. The molecule has 2 aliphatic heterocycles. The molecule has 2 fully saturated rings. The minimum Gasteiger partial charge on any atom is -0.472 e. The predicted molar refractivity (Wildman–Crippen MR) is 100 cm³/mol. The highest BCUT2D eigenvalue weighted by atomic mass is 16.5. The van der Waals surface area contributed by atoms with E-state index in [9.17, 15) is 9.59 Å². The van der Waals surface area contributed by atoms with Crippen molar-refractivity contribution in [2.45, 2.75) is 31.8 Å². The highest BCUT2D eigenvalue weighted by Gasteiger charge is 2.29. The average molecular weight is 369 g/mol. The van der Waals surface area contributed by atoms with Crippen LogP contribution in [-0.2, 0) is 0 Å². The second-order valence-electron chi connectivity index (χ2n) is 6.95. The molecule has 8 nitrogen and oxygen atoms in total. The lowest BCUT2D eigenvalue weighted by Crippen LogP contribution is -2.34. The monoisotopic (exact) mass is 369 g/mol. The van der Waals surface area contributed by atoms with Crippen LogP contribution in [0.3, 0.4) is 0 Å². The zero-order valence-electron chi connectivity index (χ0n) is 15.1. The van der Waals surface area contributed by atoms with Crippen LogP contribution < -0.4 is 15.2 Å². The molecule has 1 N–H and O–H groups in total. The van der Waals surface area contributed by atoms with Crippen LogP contribution in [-0.4, -0.2) is 58.0 Å². The van der Waals surface area contributed by atoms with E-state index in [1.54, 1.807) is 17.0 Å². The largest absolute Gasteiger partial charge is 0.472 e. The van der Waals surface area contributed by atoms with Crippen LogP contribution in [0.15, 0.2) is 35.5 Å². The average Bonchev–Trinajstić information content (AvgIpc) is 3.17. The molecule has 0 aromatic carbocycles. The summed E-state index contributed by atoms with van der Waals surface area (Å²) in [4.78, 5) is 39.4. The van der Waals surface area contributed by atoms with Gasteiger partial charge in [0.2, 0.25) is 5.88 Å². The maximum Gasteiger partial charge on any atom is 0.260 e. The first-order chi connectivity index (χ1) is 13.2. The maximum absolute atomic E-state index is 12.5. The lowest BCUT2D eigenvalue weighted by Gasteiger charge is -2.27. The summed E-state index contributed by atoms with van der Waals surface area (Å²) in [6.45, 7) is 3.01. The number of carbonyl (C=O) groups excluding carboxylic acids is 1. The van der Waals surface area contributed by atoms with Gasteiger partial charge in [0.1, 0.15) is 23.8 Å². The Morgan fingerprint density at radius 2 is 2.04 bits per heavy atom. The van der Waals surface area contributed by atoms with Gasteiger partial charge < -0.3 is 19.5 Å². The van der Waals surface area contributed by atoms with Crippen LogP contribution >= 0.6 is 0 Å². The molecule has 142 valence electrons. The van der Waals surface area contributed by atoms with Gasteiger partial charge in [0.15, 0.2) is 0 Å². The quantitative estimate of drug-likeness (QED) is 0.877. The number of aromatic amines is 1. The van der Waals surface area contributed by atoms with Crippen molar-refractivity contribution in [1.82, 2.24) is 19.9 Å². The molecule has 1 atom stereocenters. The number of hydrogen-bond acceptors (Lipinski definition) is 6. The minimum atomic E-state index is -0.367. The van der Waals surface area contributed by atoms with Gasteiger partial charge in [-0.3, -0.25) is 9.59 Å². The van der Waals surface area contributed by atoms with Crippen molar-refractivity contribution in [1.29, 1.82) is 0 Å². The van der Waals surface area contributed by atoms with E-state index in [-0.39, 0.29) is 23.1 Å². The molecule has 4 rings (SSSR count). The molecule has 1 amide bonds. The number of nitrogens with zero attached hydrogens (tertiary/aromatic N) is 4. The van der Waals surface area contributed by atoms with Gasteiger partial charge in [0.25, 0.3) is 11.5 Å². The smallest absolute Gasteiger partial charge is 0.260 e.